The fourth-order valence-corrected chi connectivity index (χ4v) is 3.45. The number of morpholine rings is 1. The molecule has 0 unspecified atom stereocenters. The van der Waals surface area contributed by atoms with E-state index < -0.39 is 0 Å². The number of rotatable bonds is 3. The van der Waals surface area contributed by atoms with Crippen molar-refractivity contribution in [2.45, 2.75) is 6.92 Å². The summed E-state index contributed by atoms with van der Waals surface area (Å²) in [6.07, 6.45) is 0. The van der Waals surface area contributed by atoms with E-state index in [1.807, 2.05) is 54.6 Å². The van der Waals surface area contributed by atoms with E-state index in [0.717, 1.165) is 48.5 Å². The molecule has 0 aromatic heterocycles. The molecular weight excluding hydrogens is 366 g/mol. The van der Waals surface area contributed by atoms with Crippen LogP contribution < -0.4 is 0 Å². The van der Waals surface area contributed by atoms with Crippen molar-refractivity contribution in [1.29, 1.82) is 0 Å². The average Bonchev–Trinajstić information content (AvgIpc) is 2.70. The van der Waals surface area contributed by atoms with Crippen molar-refractivity contribution in [3.63, 3.8) is 0 Å². The molecule has 0 bridgehead atoms. The van der Waals surface area contributed by atoms with E-state index in [1.165, 1.54) is 0 Å². The number of halogens is 1. The molecule has 0 atom stereocenters. The molecule has 26 heavy (non-hydrogen) atoms. The molecule has 1 aliphatic rings. The third-order valence-corrected chi connectivity index (χ3v) is 5.00. The highest BCUT2D eigenvalue weighted by Crippen LogP contribution is 2.20. The highest BCUT2D eigenvalue weighted by molar-refractivity contribution is 8.13. The number of ether oxygens (including phenoxy) is 1. The van der Waals surface area contributed by atoms with Crippen molar-refractivity contribution in [1.82, 2.24) is 4.90 Å². The number of amidine groups is 2. The zero-order valence-electron chi connectivity index (χ0n) is 14.8. The Morgan fingerprint density at radius 3 is 2.42 bits per heavy atom. The predicted octanol–water partition coefficient (Wildman–Crippen LogP) is 4.86. The molecule has 1 aliphatic heterocycles. The summed E-state index contributed by atoms with van der Waals surface area (Å²) < 4.78 is 5.48. The fraction of sp³-hybridized carbons (Fsp3) is 0.300. The molecule has 136 valence electrons. The summed E-state index contributed by atoms with van der Waals surface area (Å²) in [6, 6.07) is 17.6. The monoisotopic (exact) mass is 387 g/mol. The molecule has 1 fully saturated rings. The van der Waals surface area contributed by atoms with E-state index in [-0.39, 0.29) is 0 Å². The topological polar surface area (TPSA) is 37.2 Å². The van der Waals surface area contributed by atoms with Crippen molar-refractivity contribution in [3.05, 3.63) is 65.2 Å². The molecule has 0 radical (unpaired) electrons. The lowest BCUT2D eigenvalue weighted by atomic mass is 10.2. The van der Waals surface area contributed by atoms with E-state index in [0.29, 0.717) is 10.9 Å². The van der Waals surface area contributed by atoms with Crippen LogP contribution in [-0.4, -0.2) is 48.0 Å². The minimum absolute atomic E-state index is 0.698. The van der Waals surface area contributed by atoms with Gasteiger partial charge in [-0.2, -0.15) is 0 Å². The van der Waals surface area contributed by atoms with Crippen LogP contribution in [0.15, 0.2) is 64.6 Å². The van der Waals surface area contributed by atoms with Crippen molar-refractivity contribution in [3.8, 4) is 0 Å². The predicted molar refractivity (Wildman–Crippen MR) is 112 cm³/mol. The van der Waals surface area contributed by atoms with Gasteiger partial charge in [-0.3, -0.25) is 0 Å². The molecule has 0 N–H and O–H groups in total. The Bertz CT molecular complexity index is 756. The van der Waals surface area contributed by atoms with Gasteiger partial charge >= 0.3 is 0 Å². The molecule has 4 nitrogen and oxygen atoms in total. The summed E-state index contributed by atoms with van der Waals surface area (Å²) in [4.78, 5) is 12.0. The van der Waals surface area contributed by atoms with Crippen LogP contribution >= 0.6 is 23.4 Å². The zero-order chi connectivity index (χ0) is 18.2. The number of thioether (sulfide) groups is 1. The summed E-state index contributed by atoms with van der Waals surface area (Å²) >= 11 is 7.73. The Morgan fingerprint density at radius 2 is 1.77 bits per heavy atom. The first-order chi connectivity index (χ1) is 12.8. The standard InChI is InChI=1S/C20H22ClN3OS/c1-2-26-20(24-12-14-25-15-13-24)23-19(16-6-4-3-5-7-16)22-18-10-8-17(21)9-11-18/h3-11H,2,12-15H2,1H3. The van der Waals surface area contributed by atoms with Crippen molar-refractivity contribution in [2.75, 3.05) is 32.1 Å². The molecule has 3 rings (SSSR count). The van der Waals surface area contributed by atoms with Gasteiger partial charge in [-0.15, -0.1) is 0 Å². The van der Waals surface area contributed by atoms with Crippen LogP contribution in [0.3, 0.4) is 0 Å². The molecule has 0 saturated carbocycles. The second kappa shape index (κ2) is 9.76. The quantitative estimate of drug-likeness (QED) is 0.557. The van der Waals surface area contributed by atoms with Gasteiger partial charge in [-0.25, -0.2) is 9.98 Å². The summed E-state index contributed by atoms with van der Waals surface area (Å²) in [7, 11) is 0. The third kappa shape index (κ3) is 5.34. The minimum Gasteiger partial charge on any atom is -0.378 e. The van der Waals surface area contributed by atoms with Crippen molar-refractivity contribution in [2.24, 2.45) is 9.98 Å². The SMILES string of the molecule is CCSC(=NC(=Nc1ccc(Cl)cc1)c1ccccc1)N1CCOCC1. The summed E-state index contributed by atoms with van der Waals surface area (Å²) in [6.45, 7) is 5.32. The molecule has 2 aromatic rings. The van der Waals surface area contributed by atoms with Gasteiger partial charge in [0.05, 0.1) is 18.9 Å². The fourth-order valence-electron chi connectivity index (χ4n) is 2.55. The lowest BCUT2D eigenvalue weighted by Crippen LogP contribution is -2.40. The minimum atomic E-state index is 0.698. The van der Waals surface area contributed by atoms with Crippen LogP contribution in [0.2, 0.25) is 5.02 Å². The second-order valence-corrected chi connectivity index (χ2v) is 7.37. The van der Waals surface area contributed by atoms with Gasteiger partial charge in [0.15, 0.2) is 11.0 Å². The van der Waals surface area contributed by atoms with Crippen molar-refractivity contribution < 1.29 is 4.74 Å². The smallest absolute Gasteiger partial charge is 0.166 e. The zero-order valence-corrected chi connectivity index (χ0v) is 16.3. The van der Waals surface area contributed by atoms with Crippen LogP contribution in [-0.2, 0) is 4.74 Å². The molecule has 6 heteroatoms. The Balaban J connectivity index is 1.99. The highest BCUT2D eigenvalue weighted by atomic mass is 35.5. The van der Waals surface area contributed by atoms with E-state index >= 15 is 0 Å². The number of nitrogens with zero attached hydrogens (tertiary/aromatic N) is 3. The summed E-state index contributed by atoms with van der Waals surface area (Å²) in [5.74, 6) is 1.66. The van der Waals surface area contributed by atoms with E-state index in [2.05, 4.69) is 11.8 Å². The van der Waals surface area contributed by atoms with Crippen molar-refractivity contribution >= 4 is 40.1 Å². The van der Waals surface area contributed by atoms with Crippen LogP contribution in [0.4, 0.5) is 5.69 Å². The Kier molecular flexibility index (Phi) is 7.12. The molecule has 2 aromatic carbocycles. The number of benzene rings is 2. The van der Waals surface area contributed by atoms with Crippen LogP contribution in [0.5, 0.6) is 0 Å². The van der Waals surface area contributed by atoms with Crippen LogP contribution in [0, 0.1) is 0 Å². The van der Waals surface area contributed by atoms with Crippen LogP contribution in [0.1, 0.15) is 12.5 Å². The lowest BCUT2D eigenvalue weighted by molar-refractivity contribution is 0.0694. The Morgan fingerprint density at radius 1 is 1.08 bits per heavy atom. The molecule has 0 spiro atoms. The second-order valence-electron chi connectivity index (χ2n) is 5.70. The maximum atomic E-state index is 5.99. The largest absolute Gasteiger partial charge is 0.378 e. The third-order valence-electron chi connectivity index (χ3n) is 3.85. The lowest BCUT2D eigenvalue weighted by Gasteiger charge is -2.29. The first kappa shape index (κ1) is 19.0. The maximum absolute atomic E-state index is 5.99. The summed E-state index contributed by atoms with van der Waals surface area (Å²) in [5, 5.41) is 1.69. The molecule has 0 aliphatic carbocycles. The van der Waals surface area contributed by atoms with Gasteiger partial charge in [0.2, 0.25) is 0 Å². The molecule has 0 amide bonds. The maximum Gasteiger partial charge on any atom is 0.166 e. The normalized spacial score (nSPS) is 16.0. The Labute approximate surface area is 163 Å². The Hall–Kier alpha value is -1.82. The van der Waals surface area contributed by atoms with Gasteiger partial charge in [-0.1, -0.05) is 60.6 Å². The van der Waals surface area contributed by atoms with E-state index in [9.17, 15) is 0 Å². The molecular formula is C20H22ClN3OS. The van der Waals surface area contributed by atoms with E-state index in [4.69, 9.17) is 26.3 Å². The summed E-state index contributed by atoms with van der Waals surface area (Å²) in [5.41, 5.74) is 1.82. The first-order valence-corrected chi connectivity index (χ1v) is 10.1. The van der Waals surface area contributed by atoms with Crippen LogP contribution in [0.25, 0.3) is 0 Å². The molecule has 1 saturated heterocycles. The number of hydrogen-bond donors (Lipinski definition) is 0. The van der Waals surface area contributed by atoms with Gasteiger partial charge in [-0.05, 0) is 30.0 Å². The first-order valence-electron chi connectivity index (χ1n) is 8.70. The van der Waals surface area contributed by atoms with Gasteiger partial charge in [0, 0.05) is 23.7 Å². The van der Waals surface area contributed by atoms with E-state index in [1.54, 1.807) is 11.8 Å². The number of hydrogen-bond acceptors (Lipinski definition) is 3. The number of aliphatic imine (C=N–C) groups is 2. The van der Waals surface area contributed by atoms with Gasteiger partial charge in [0.1, 0.15) is 0 Å². The molecule has 1 heterocycles. The highest BCUT2D eigenvalue weighted by Gasteiger charge is 2.16. The van der Waals surface area contributed by atoms with Gasteiger partial charge in [0.25, 0.3) is 0 Å². The van der Waals surface area contributed by atoms with Gasteiger partial charge < -0.3 is 9.64 Å². The average molecular weight is 388 g/mol.